The molecule has 2 aromatic rings. The lowest BCUT2D eigenvalue weighted by atomic mass is 9.51. The Balaban J connectivity index is 1.27. The second-order valence-corrected chi connectivity index (χ2v) is 14.8. The predicted octanol–water partition coefficient (Wildman–Crippen LogP) is 6.09. The van der Waals surface area contributed by atoms with Crippen LogP contribution in [0.5, 0.6) is 11.5 Å². The van der Waals surface area contributed by atoms with Gasteiger partial charge in [0.15, 0.2) is 11.5 Å². The Kier molecular flexibility index (Phi) is 8.14. The third-order valence-corrected chi connectivity index (χ3v) is 11.4. The molecule has 2 aromatic carbocycles. The molecule has 5 atom stereocenters. The molecule has 0 aromatic heterocycles. The fourth-order valence-corrected chi connectivity index (χ4v) is 9.18. The first-order chi connectivity index (χ1) is 21.2. The van der Waals surface area contributed by atoms with Gasteiger partial charge in [-0.15, -0.1) is 0 Å². The number of piperidine rings is 1. The molecule has 236 valence electrons. The average molecular weight is 642 g/mol. The van der Waals surface area contributed by atoms with Crippen molar-refractivity contribution in [2.24, 2.45) is 17.8 Å². The normalized spacial score (nSPS) is 28.4. The van der Waals surface area contributed by atoms with Gasteiger partial charge in [-0.1, -0.05) is 49.2 Å². The summed E-state index contributed by atoms with van der Waals surface area (Å²) < 4.78 is 17.9. The van der Waals surface area contributed by atoms with Crippen molar-refractivity contribution in [2.75, 3.05) is 33.4 Å². The summed E-state index contributed by atoms with van der Waals surface area (Å²) in [5, 5.41) is 0.935. The Hall–Kier alpha value is -2.32. The van der Waals surface area contributed by atoms with Crippen molar-refractivity contribution in [2.45, 2.75) is 82.4 Å². The minimum Gasteiger partial charge on any atom is -0.483 e. The van der Waals surface area contributed by atoms with Crippen LogP contribution in [0.25, 0.3) is 0 Å². The van der Waals surface area contributed by atoms with Crippen molar-refractivity contribution in [1.29, 1.82) is 0 Å². The van der Waals surface area contributed by atoms with Crippen LogP contribution in [0.2, 0.25) is 10.0 Å². The van der Waals surface area contributed by atoms with E-state index in [-0.39, 0.29) is 42.4 Å². The van der Waals surface area contributed by atoms with Crippen LogP contribution in [0, 0.1) is 17.8 Å². The molecule has 7 rings (SSSR count). The Morgan fingerprint density at radius 3 is 2.66 bits per heavy atom. The number of rotatable bonds is 10. The van der Waals surface area contributed by atoms with Gasteiger partial charge in [0.25, 0.3) is 0 Å². The van der Waals surface area contributed by atoms with Crippen LogP contribution in [0.1, 0.15) is 62.6 Å². The van der Waals surface area contributed by atoms with E-state index in [4.69, 9.17) is 37.4 Å². The van der Waals surface area contributed by atoms with Gasteiger partial charge in [-0.25, -0.2) is 4.79 Å². The molecule has 2 saturated carbocycles. The molecule has 5 aliphatic rings. The summed E-state index contributed by atoms with van der Waals surface area (Å²) in [6, 6.07) is 9.84. The molecule has 2 aliphatic heterocycles. The molecule has 1 saturated heterocycles. The Bertz CT molecular complexity index is 1460. The monoisotopic (exact) mass is 640 g/mol. The standard InChI is InChI=1S/C35H42Cl2N2O5/c1-20(2)17-39(30(40)15-22-6-9-25(36)26(37)14-22)27-10-8-24-28-16-23-7-11-29(43-31(41)19-42-3)33-32(23)35(24,34(27)44-33)12-13-38(28)18-21-4-5-21/h6-7,9,11,14,20-21,24,27-28,34H,4-5,8,10,12-13,15-19H2,1-3H3/t24-,27?,28+,34?,35-/m0/s1. The van der Waals surface area contributed by atoms with Crippen LogP contribution < -0.4 is 9.47 Å². The summed E-state index contributed by atoms with van der Waals surface area (Å²) in [5.74, 6) is 2.33. The largest absolute Gasteiger partial charge is 0.483 e. The third kappa shape index (κ3) is 5.22. The molecule has 3 fully saturated rings. The maximum Gasteiger partial charge on any atom is 0.337 e. The van der Waals surface area contributed by atoms with Gasteiger partial charge in [0.1, 0.15) is 12.7 Å². The zero-order valence-corrected chi connectivity index (χ0v) is 27.3. The Morgan fingerprint density at radius 2 is 1.93 bits per heavy atom. The van der Waals surface area contributed by atoms with Crippen molar-refractivity contribution in [1.82, 2.24) is 9.80 Å². The van der Waals surface area contributed by atoms with Crippen molar-refractivity contribution >= 4 is 35.1 Å². The van der Waals surface area contributed by atoms with E-state index < -0.39 is 5.97 Å². The van der Waals surface area contributed by atoms with Crippen molar-refractivity contribution in [3.05, 3.63) is 57.1 Å². The van der Waals surface area contributed by atoms with Gasteiger partial charge in [0, 0.05) is 37.2 Å². The highest BCUT2D eigenvalue weighted by Crippen LogP contribution is 2.64. The fraction of sp³-hybridized carbons (Fsp3) is 0.600. The molecule has 2 bridgehead atoms. The van der Waals surface area contributed by atoms with Crippen molar-refractivity contribution in [3.63, 3.8) is 0 Å². The molecule has 3 aliphatic carbocycles. The van der Waals surface area contributed by atoms with Crippen LogP contribution >= 0.6 is 23.2 Å². The van der Waals surface area contributed by atoms with Gasteiger partial charge < -0.3 is 19.1 Å². The Labute approximate surface area is 270 Å². The average Bonchev–Trinajstić information content (AvgIpc) is 3.73. The number of esters is 1. The van der Waals surface area contributed by atoms with E-state index in [0.29, 0.717) is 40.0 Å². The highest BCUT2D eigenvalue weighted by Gasteiger charge is 2.67. The number of ether oxygens (including phenoxy) is 3. The highest BCUT2D eigenvalue weighted by atomic mass is 35.5. The number of carbonyl (C=O) groups excluding carboxylic acids is 2. The number of amides is 1. The number of carbonyl (C=O) groups is 2. The molecule has 0 radical (unpaired) electrons. The van der Waals surface area contributed by atoms with Crippen LogP contribution in [-0.2, 0) is 32.6 Å². The number of nitrogens with zero attached hydrogens (tertiary/aromatic N) is 2. The summed E-state index contributed by atoms with van der Waals surface area (Å²) in [5.41, 5.74) is 3.15. The Morgan fingerprint density at radius 1 is 1.11 bits per heavy atom. The van der Waals surface area contributed by atoms with Crippen molar-refractivity contribution < 1.29 is 23.8 Å². The summed E-state index contributed by atoms with van der Waals surface area (Å²) in [6.45, 7) is 7.04. The van der Waals surface area contributed by atoms with E-state index in [1.54, 1.807) is 12.1 Å². The number of hydrogen-bond donors (Lipinski definition) is 0. The maximum atomic E-state index is 14.2. The van der Waals surface area contributed by atoms with E-state index in [9.17, 15) is 9.59 Å². The van der Waals surface area contributed by atoms with Gasteiger partial charge >= 0.3 is 5.97 Å². The van der Waals surface area contributed by atoms with Gasteiger partial charge in [-0.2, -0.15) is 0 Å². The second-order valence-electron chi connectivity index (χ2n) is 14.0. The van der Waals surface area contributed by atoms with Crippen molar-refractivity contribution in [3.8, 4) is 11.5 Å². The van der Waals surface area contributed by atoms with E-state index in [0.717, 1.165) is 43.7 Å². The number of benzene rings is 2. The first-order valence-electron chi connectivity index (χ1n) is 16.2. The number of likely N-dealkylation sites (tertiary alicyclic amines) is 1. The van der Waals surface area contributed by atoms with E-state index in [1.165, 1.54) is 37.6 Å². The maximum absolute atomic E-state index is 14.2. The number of hydrogen-bond acceptors (Lipinski definition) is 6. The molecular weight excluding hydrogens is 599 g/mol. The summed E-state index contributed by atoms with van der Waals surface area (Å²) in [7, 11) is 1.49. The minimum absolute atomic E-state index is 0.0713. The quantitative estimate of drug-likeness (QED) is 0.231. The molecule has 1 spiro atoms. The predicted molar refractivity (Wildman–Crippen MR) is 170 cm³/mol. The van der Waals surface area contributed by atoms with E-state index >= 15 is 0 Å². The van der Waals surface area contributed by atoms with Gasteiger partial charge in [0.2, 0.25) is 5.91 Å². The lowest BCUT2D eigenvalue weighted by molar-refractivity contribution is -0.143. The van der Waals surface area contributed by atoms with Crippen LogP contribution in [0.3, 0.4) is 0 Å². The number of methoxy groups -OCH3 is 1. The SMILES string of the molecule is COCC(=O)Oc1ccc2c3c1OC1C(N(CC(C)C)C(=O)Cc4ccc(Cl)c(Cl)c4)CC[C@H]4[C@@H](C2)N(CC2CC2)CC[C@]314. The van der Waals surface area contributed by atoms with Crippen LogP contribution in [0.15, 0.2) is 30.3 Å². The van der Waals surface area contributed by atoms with Gasteiger partial charge in [0.05, 0.1) is 22.5 Å². The first kappa shape index (κ1) is 30.3. The van der Waals surface area contributed by atoms with Gasteiger partial charge in [-0.05, 0) is 92.1 Å². The smallest absolute Gasteiger partial charge is 0.337 e. The molecule has 1 amide bonds. The highest BCUT2D eigenvalue weighted by molar-refractivity contribution is 6.42. The second kappa shape index (κ2) is 11.8. The number of halogens is 2. The molecule has 0 N–H and O–H groups in total. The lowest BCUT2D eigenvalue weighted by Crippen LogP contribution is -2.69. The molecular formula is C35H42Cl2N2O5. The lowest BCUT2D eigenvalue weighted by Gasteiger charge is -2.60. The molecule has 2 unspecified atom stereocenters. The van der Waals surface area contributed by atoms with Crippen LogP contribution in [0.4, 0.5) is 0 Å². The summed E-state index contributed by atoms with van der Waals surface area (Å²) in [4.78, 5) is 31.6. The van der Waals surface area contributed by atoms with Crippen LogP contribution in [-0.4, -0.2) is 73.2 Å². The molecule has 9 heteroatoms. The zero-order valence-electron chi connectivity index (χ0n) is 25.8. The topological polar surface area (TPSA) is 68.3 Å². The zero-order chi connectivity index (χ0) is 30.7. The first-order valence-corrected chi connectivity index (χ1v) is 16.9. The molecule has 7 nitrogen and oxygen atoms in total. The van der Waals surface area contributed by atoms with Gasteiger partial charge in [-0.3, -0.25) is 9.69 Å². The molecule has 44 heavy (non-hydrogen) atoms. The summed E-state index contributed by atoms with van der Waals surface area (Å²) >= 11 is 12.5. The molecule has 2 heterocycles. The fourth-order valence-electron chi connectivity index (χ4n) is 8.86. The third-order valence-electron chi connectivity index (χ3n) is 10.7. The minimum atomic E-state index is -0.445. The van der Waals surface area contributed by atoms with E-state index in [1.807, 2.05) is 12.1 Å². The van der Waals surface area contributed by atoms with E-state index in [2.05, 4.69) is 29.7 Å². The summed E-state index contributed by atoms with van der Waals surface area (Å²) in [6.07, 6.45) is 6.61.